The molecule has 108 valence electrons. The maximum absolute atomic E-state index is 6.43. The van der Waals surface area contributed by atoms with Crippen molar-refractivity contribution in [3.8, 4) is 5.75 Å². The third-order valence-electron chi connectivity index (χ3n) is 3.71. The molecule has 4 heteroatoms. The van der Waals surface area contributed by atoms with Gasteiger partial charge in [0.15, 0.2) is 0 Å². The molecule has 1 atom stereocenters. The predicted octanol–water partition coefficient (Wildman–Crippen LogP) is 2.05. The summed E-state index contributed by atoms with van der Waals surface area (Å²) in [5.74, 6) is 0.835. The van der Waals surface area contributed by atoms with E-state index in [9.17, 15) is 0 Å². The van der Waals surface area contributed by atoms with E-state index in [1.165, 1.54) is 0 Å². The molecule has 0 saturated carbocycles. The van der Waals surface area contributed by atoms with Gasteiger partial charge in [-0.2, -0.15) is 0 Å². The molecule has 2 N–H and O–H groups in total. The van der Waals surface area contributed by atoms with E-state index in [0.717, 1.165) is 11.3 Å². The van der Waals surface area contributed by atoms with Crippen molar-refractivity contribution in [1.82, 2.24) is 4.90 Å². The van der Waals surface area contributed by atoms with Crippen LogP contribution in [-0.4, -0.2) is 44.9 Å². The van der Waals surface area contributed by atoms with Crippen molar-refractivity contribution < 1.29 is 9.47 Å². The van der Waals surface area contributed by atoms with Crippen molar-refractivity contribution in [2.24, 2.45) is 5.73 Å². The van der Waals surface area contributed by atoms with Crippen LogP contribution in [0.1, 0.15) is 25.5 Å². The van der Waals surface area contributed by atoms with Crippen LogP contribution in [0.4, 0.5) is 0 Å². The summed E-state index contributed by atoms with van der Waals surface area (Å²) in [5.41, 5.74) is 7.30. The highest BCUT2D eigenvalue weighted by atomic mass is 16.5. The molecule has 1 aromatic carbocycles. The Balaban J connectivity index is 2.93. The van der Waals surface area contributed by atoms with E-state index in [1.54, 1.807) is 7.11 Å². The number of hydrogen-bond acceptors (Lipinski definition) is 4. The Morgan fingerprint density at radius 1 is 1.21 bits per heavy atom. The molecule has 0 bridgehead atoms. The molecule has 0 aliphatic rings. The molecule has 0 fully saturated rings. The van der Waals surface area contributed by atoms with Gasteiger partial charge >= 0.3 is 0 Å². The van der Waals surface area contributed by atoms with E-state index in [4.69, 9.17) is 15.2 Å². The standard InChI is InChI=1S/C15H26N2O2/c1-15(2,17(3)4)14(16)12-8-6-7-9-13(12)19-11-10-18-5/h6-9,14H,10-11,16H2,1-5H3. The van der Waals surface area contributed by atoms with Gasteiger partial charge in [0.2, 0.25) is 0 Å². The van der Waals surface area contributed by atoms with E-state index in [-0.39, 0.29) is 11.6 Å². The third-order valence-corrected chi connectivity index (χ3v) is 3.71. The lowest BCUT2D eigenvalue weighted by Gasteiger charge is -2.38. The van der Waals surface area contributed by atoms with Gasteiger partial charge in [0.1, 0.15) is 12.4 Å². The van der Waals surface area contributed by atoms with Crippen LogP contribution in [0.2, 0.25) is 0 Å². The molecule has 0 heterocycles. The Hall–Kier alpha value is -1.10. The van der Waals surface area contributed by atoms with E-state index >= 15 is 0 Å². The number of benzene rings is 1. The first-order valence-corrected chi connectivity index (χ1v) is 6.55. The molecular weight excluding hydrogens is 240 g/mol. The summed E-state index contributed by atoms with van der Waals surface area (Å²) >= 11 is 0. The van der Waals surface area contributed by atoms with Crippen LogP contribution in [0.5, 0.6) is 5.75 Å². The fourth-order valence-corrected chi connectivity index (χ4v) is 1.76. The molecule has 1 unspecified atom stereocenters. The summed E-state index contributed by atoms with van der Waals surface area (Å²) in [6, 6.07) is 7.81. The van der Waals surface area contributed by atoms with Crippen LogP contribution in [-0.2, 0) is 4.74 Å². The zero-order valence-corrected chi connectivity index (χ0v) is 12.6. The average molecular weight is 266 g/mol. The molecule has 0 radical (unpaired) electrons. The number of methoxy groups -OCH3 is 1. The Labute approximate surface area is 116 Å². The van der Waals surface area contributed by atoms with Crippen LogP contribution >= 0.6 is 0 Å². The number of nitrogens with zero attached hydrogens (tertiary/aromatic N) is 1. The van der Waals surface area contributed by atoms with Crippen molar-refractivity contribution in [1.29, 1.82) is 0 Å². The van der Waals surface area contributed by atoms with E-state index in [0.29, 0.717) is 13.2 Å². The van der Waals surface area contributed by atoms with Gasteiger partial charge < -0.3 is 20.1 Å². The van der Waals surface area contributed by atoms with Crippen LogP contribution in [0.25, 0.3) is 0 Å². The summed E-state index contributed by atoms with van der Waals surface area (Å²) in [6.07, 6.45) is 0. The van der Waals surface area contributed by atoms with Crippen LogP contribution in [0.15, 0.2) is 24.3 Å². The van der Waals surface area contributed by atoms with E-state index < -0.39 is 0 Å². The van der Waals surface area contributed by atoms with Crippen molar-refractivity contribution in [3.05, 3.63) is 29.8 Å². The second kappa shape index (κ2) is 6.89. The van der Waals surface area contributed by atoms with E-state index in [1.807, 2.05) is 38.4 Å². The highest BCUT2D eigenvalue weighted by Gasteiger charge is 2.31. The van der Waals surface area contributed by atoms with E-state index in [2.05, 4.69) is 18.7 Å². The van der Waals surface area contributed by atoms with Gasteiger partial charge in [-0.1, -0.05) is 18.2 Å². The molecule has 0 spiro atoms. The van der Waals surface area contributed by atoms with Crippen molar-refractivity contribution in [2.75, 3.05) is 34.4 Å². The lowest BCUT2D eigenvalue weighted by atomic mass is 9.88. The first kappa shape index (κ1) is 16.0. The summed E-state index contributed by atoms with van der Waals surface area (Å²) in [7, 11) is 5.73. The van der Waals surface area contributed by atoms with Crippen LogP contribution in [0.3, 0.4) is 0 Å². The molecule has 1 aromatic rings. The summed E-state index contributed by atoms with van der Waals surface area (Å²) in [5, 5.41) is 0. The molecule has 4 nitrogen and oxygen atoms in total. The summed E-state index contributed by atoms with van der Waals surface area (Å²) < 4.78 is 10.8. The second-order valence-electron chi connectivity index (χ2n) is 5.40. The Kier molecular flexibility index (Phi) is 5.79. The number of para-hydroxylation sites is 1. The predicted molar refractivity (Wildman–Crippen MR) is 78.5 cm³/mol. The monoisotopic (exact) mass is 266 g/mol. The molecule has 1 rings (SSSR count). The molecule has 19 heavy (non-hydrogen) atoms. The van der Waals surface area contributed by atoms with Gasteiger partial charge in [-0.3, -0.25) is 0 Å². The SMILES string of the molecule is COCCOc1ccccc1C(N)C(C)(C)N(C)C. The van der Waals surface area contributed by atoms with Crippen LogP contribution in [0, 0.1) is 0 Å². The maximum atomic E-state index is 6.43. The van der Waals surface area contributed by atoms with Crippen molar-refractivity contribution in [2.45, 2.75) is 25.4 Å². The van der Waals surface area contributed by atoms with Gasteiger partial charge in [-0.05, 0) is 34.0 Å². The Bertz CT molecular complexity index is 391. The molecular formula is C15H26N2O2. The summed E-state index contributed by atoms with van der Waals surface area (Å²) in [4.78, 5) is 2.13. The molecule has 0 aliphatic carbocycles. The zero-order chi connectivity index (χ0) is 14.5. The number of hydrogen-bond donors (Lipinski definition) is 1. The molecule has 0 aromatic heterocycles. The van der Waals surface area contributed by atoms with Gasteiger partial charge in [-0.25, -0.2) is 0 Å². The number of ether oxygens (including phenoxy) is 2. The minimum absolute atomic E-state index is 0.124. The maximum Gasteiger partial charge on any atom is 0.124 e. The molecule has 0 saturated heterocycles. The quantitative estimate of drug-likeness (QED) is 0.767. The van der Waals surface area contributed by atoms with Crippen molar-refractivity contribution >= 4 is 0 Å². The minimum atomic E-state index is -0.152. The van der Waals surface area contributed by atoms with Gasteiger partial charge in [-0.15, -0.1) is 0 Å². The Morgan fingerprint density at radius 2 is 1.84 bits per heavy atom. The average Bonchev–Trinajstić information content (AvgIpc) is 2.38. The Morgan fingerprint density at radius 3 is 2.42 bits per heavy atom. The fraction of sp³-hybridized carbons (Fsp3) is 0.600. The lowest BCUT2D eigenvalue weighted by Crippen LogP contribution is -2.47. The highest BCUT2D eigenvalue weighted by molar-refractivity contribution is 5.37. The largest absolute Gasteiger partial charge is 0.491 e. The number of nitrogens with two attached hydrogens (primary N) is 1. The smallest absolute Gasteiger partial charge is 0.124 e. The van der Waals surface area contributed by atoms with Gasteiger partial charge in [0.25, 0.3) is 0 Å². The number of rotatable bonds is 7. The minimum Gasteiger partial charge on any atom is -0.491 e. The first-order chi connectivity index (χ1) is 8.91. The van der Waals surface area contributed by atoms with Gasteiger partial charge in [0.05, 0.1) is 12.6 Å². The van der Waals surface area contributed by atoms with Gasteiger partial charge in [0, 0.05) is 18.2 Å². The normalized spacial score (nSPS) is 13.6. The zero-order valence-electron chi connectivity index (χ0n) is 12.6. The third kappa shape index (κ3) is 3.93. The fourth-order valence-electron chi connectivity index (χ4n) is 1.76. The number of likely N-dealkylation sites (N-methyl/N-ethyl adjacent to an activating group) is 1. The molecule has 0 aliphatic heterocycles. The lowest BCUT2D eigenvalue weighted by molar-refractivity contribution is 0.139. The topological polar surface area (TPSA) is 47.7 Å². The summed E-state index contributed by atoms with van der Waals surface area (Å²) in [6.45, 7) is 5.36. The van der Waals surface area contributed by atoms with Crippen molar-refractivity contribution in [3.63, 3.8) is 0 Å². The highest BCUT2D eigenvalue weighted by Crippen LogP contribution is 2.32. The van der Waals surface area contributed by atoms with Crippen LogP contribution < -0.4 is 10.5 Å². The second-order valence-corrected chi connectivity index (χ2v) is 5.40. The molecule has 0 amide bonds. The first-order valence-electron chi connectivity index (χ1n) is 6.55.